The number of benzene rings is 1. The van der Waals surface area contributed by atoms with Crippen LogP contribution in [0, 0.1) is 6.92 Å². The number of anilines is 1. The van der Waals surface area contributed by atoms with Gasteiger partial charge in [0.05, 0.1) is 5.69 Å². The lowest BCUT2D eigenvalue weighted by Gasteiger charge is -2.04. The lowest BCUT2D eigenvalue weighted by atomic mass is 10.3. The highest BCUT2D eigenvalue weighted by Crippen LogP contribution is 2.22. The van der Waals surface area contributed by atoms with Gasteiger partial charge in [-0.2, -0.15) is 0 Å². The molecule has 1 aromatic carbocycles. The number of carbonyl (C=O) groups excluding carboxylic acids is 1. The number of fused-ring (bicyclic) bond motifs is 1. The molecule has 100 valence electrons. The number of aromatic nitrogens is 2. The molecule has 0 unspecified atom stereocenters. The molecule has 2 heterocycles. The van der Waals surface area contributed by atoms with Crippen molar-refractivity contribution in [3.63, 3.8) is 0 Å². The van der Waals surface area contributed by atoms with E-state index >= 15 is 0 Å². The molecule has 0 saturated heterocycles. The first-order chi connectivity index (χ1) is 9.63. The van der Waals surface area contributed by atoms with Gasteiger partial charge in [-0.05, 0) is 36.8 Å². The Morgan fingerprint density at radius 1 is 1.30 bits per heavy atom. The van der Waals surface area contributed by atoms with E-state index in [1.54, 1.807) is 28.8 Å². The third-order valence-corrected chi connectivity index (χ3v) is 3.00. The van der Waals surface area contributed by atoms with Crippen LogP contribution in [-0.4, -0.2) is 20.4 Å². The maximum absolute atomic E-state index is 12.1. The smallest absolute Gasteiger partial charge is 0.275 e. The number of carbonyl (C=O) groups is 1. The van der Waals surface area contributed by atoms with Gasteiger partial charge < -0.3 is 14.8 Å². The fraction of sp³-hybridized carbons (Fsp3) is 0.0667. The average Bonchev–Trinajstić information content (AvgIpc) is 2.84. The van der Waals surface area contributed by atoms with Crippen LogP contribution in [0.2, 0.25) is 0 Å². The van der Waals surface area contributed by atoms with Gasteiger partial charge in [0.25, 0.3) is 5.91 Å². The van der Waals surface area contributed by atoms with E-state index in [9.17, 15) is 9.90 Å². The van der Waals surface area contributed by atoms with Gasteiger partial charge in [-0.25, -0.2) is 4.98 Å². The number of rotatable bonds is 2. The molecule has 20 heavy (non-hydrogen) atoms. The van der Waals surface area contributed by atoms with Crippen molar-refractivity contribution in [2.45, 2.75) is 6.92 Å². The largest absolute Gasteiger partial charge is 0.506 e. The SMILES string of the molecule is Cc1ccn2cc(C(=O)Nc3ccccc3O)nc2c1. The van der Waals surface area contributed by atoms with E-state index in [2.05, 4.69) is 10.3 Å². The van der Waals surface area contributed by atoms with Crippen LogP contribution in [0.4, 0.5) is 5.69 Å². The molecule has 0 bridgehead atoms. The van der Waals surface area contributed by atoms with E-state index in [-0.39, 0.29) is 11.7 Å². The van der Waals surface area contributed by atoms with Gasteiger partial charge in [0.1, 0.15) is 17.1 Å². The standard InChI is InChI=1S/C15H13N3O2/c1-10-6-7-18-9-12(16-14(18)8-10)15(20)17-11-4-2-3-5-13(11)19/h2-9,19H,1H3,(H,17,20). The summed E-state index contributed by atoms with van der Waals surface area (Å²) < 4.78 is 1.78. The van der Waals surface area contributed by atoms with Crippen molar-refractivity contribution < 1.29 is 9.90 Å². The Kier molecular flexibility index (Phi) is 2.87. The number of imidazole rings is 1. The highest BCUT2D eigenvalue weighted by atomic mass is 16.3. The lowest BCUT2D eigenvalue weighted by molar-refractivity contribution is 0.102. The lowest BCUT2D eigenvalue weighted by Crippen LogP contribution is -2.12. The van der Waals surface area contributed by atoms with Crippen molar-refractivity contribution in [1.29, 1.82) is 0 Å². The summed E-state index contributed by atoms with van der Waals surface area (Å²) in [5.74, 6) is -0.326. The predicted octanol–water partition coefficient (Wildman–Crippen LogP) is 2.60. The molecule has 2 N–H and O–H groups in total. The van der Waals surface area contributed by atoms with Crippen molar-refractivity contribution >= 4 is 17.2 Å². The molecule has 0 aliphatic carbocycles. The van der Waals surface area contributed by atoms with Gasteiger partial charge in [-0.1, -0.05) is 12.1 Å². The van der Waals surface area contributed by atoms with E-state index in [4.69, 9.17) is 0 Å². The molecule has 3 aromatic rings. The molecule has 5 nitrogen and oxygen atoms in total. The van der Waals surface area contributed by atoms with Crippen LogP contribution in [0.1, 0.15) is 16.1 Å². The maximum atomic E-state index is 12.1. The molecule has 5 heteroatoms. The Hall–Kier alpha value is -2.82. The van der Waals surface area contributed by atoms with Gasteiger partial charge in [0.2, 0.25) is 0 Å². The summed E-state index contributed by atoms with van der Waals surface area (Å²) in [5, 5.41) is 12.3. The monoisotopic (exact) mass is 267 g/mol. The first-order valence-electron chi connectivity index (χ1n) is 6.18. The number of nitrogens with one attached hydrogen (secondary N) is 1. The number of phenolic OH excluding ortho intramolecular Hbond substituents is 1. The van der Waals surface area contributed by atoms with Gasteiger partial charge in [-0.15, -0.1) is 0 Å². The first-order valence-corrected chi connectivity index (χ1v) is 6.18. The first kappa shape index (κ1) is 12.2. The van der Waals surface area contributed by atoms with Crippen LogP contribution < -0.4 is 5.32 Å². The van der Waals surface area contributed by atoms with Gasteiger partial charge in [0.15, 0.2) is 0 Å². The summed E-state index contributed by atoms with van der Waals surface area (Å²) in [6.45, 7) is 1.97. The third kappa shape index (κ3) is 2.21. The van der Waals surface area contributed by atoms with Crippen molar-refractivity contribution in [1.82, 2.24) is 9.38 Å². The molecular formula is C15H13N3O2. The van der Waals surface area contributed by atoms with E-state index in [1.807, 2.05) is 25.3 Å². The minimum atomic E-state index is -0.354. The molecule has 0 spiro atoms. The van der Waals surface area contributed by atoms with Crippen LogP contribution in [0.5, 0.6) is 5.75 Å². The molecule has 0 fully saturated rings. The quantitative estimate of drug-likeness (QED) is 0.701. The zero-order valence-corrected chi connectivity index (χ0v) is 10.9. The Balaban J connectivity index is 1.91. The molecule has 1 amide bonds. The average molecular weight is 267 g/mol. The molecule has 0 aliphatic rings. The molecule has 3 rings (SSSR count). The summed E-state index contributed by atoms with van der Waals surface area (Å²) >= 11 is 0. The summed E-state index contributed by atoms with van der Waals surface area (Å²) in [6.07, 6.45) is 3.51. The second-order valence-electron chi connectivity index (χ2n) is 4.57. The molecule has 0 radical (unpaired) electrons. The number of phenols is 1. The number of hydrogen-bond acceptors (Lipinski definition) is 3. The zero-order valence-electron chi connectivity index (χ0n) is 10.9. The molecular weight excluding hydrogens is 254 g/mol. The van der Waals surface area contributed by atoms with E-state index < -0.39 is 0 Å². The third-order valence-electron chi connectivity index (χ3n) is 3.00. The minimum Gasteiger partial charge on any atom is -0.506 e. The summed E-state index contributed by atoms with van der Waals surface area (Å²) in [4.78, 5) is 16.4. The van der Waals surface area contributed by atoms with E-state index in [1.165, 1.54) is 6.07 Å². The number of amides is 1. The summed E-state index contributed by atoms with van der Waals surface area (Å²) in [5.41, 5.74) is 2.47. The van der Waals surface area contributed by atoms with E-state index in [0.29, 0.717) is 17.0 Å². The molecule has 0 atom stereocenters. The van der Waals surface area contributed by atoms with Crippen LogP contribution in [-0.2, 0) is 0 Å². The van der Waals surface area contributed by atoms with Crippen molar-refractivity contribution in [3.8, 4) is 5.75 Å². The minimum absolute atomic E-state index is 0.0282. The molecule has 0 saturated carbocycles. The van der Waals surface area contributed by atoms with Gasteiger partial charge in [0, 0.05) is 12.4 Å². The molecule has 0 aliphatic heterocycles. The summed E-state index contributed by atoms with van der Waals surface area (Å²) in [6, 6.07) is 10.4. The zero-order chi connectivity index (χ0) is 14.1. The Labute approximate surface area is 115 Å². The number of para-hydroxylation sites is 2. The normalized spacial score (nSPS) is 10.7. The van der Waals surface area contributed by atoms with Gasteiger partial charge >= 0.3 is 0 Å². The Morgan fingerprint density at radius 2 is 2.10 bits per heavy atom. The van der Waals surface area contributed by atoms with Crippen LogP contribution in [0.15, 0.2) is 48.8 Å². The van der Waals surface area contributed by atoms with Crippen molar-refractivity contribution in [3.05, 3.63) is 60.0 Å². The molecule has 2 aromatic heterocycles. The number of pyridine rings is 1. The van der Waals surface area contributed by atoms with Crippen LogP contribution in [0.25, 0.3) is 5.65 Å². The number of nitrogens with zero attached hydrogens (tertiary/aromatic N) is 2. The number of aryl methyl sites for hydroxylation is 1. The highest BCUT2D eigenvalue weighted by Gasteiger charge is 2.12. The second kappa shape index (κ2) is 4.70. The fourth-order valence-corrected chi connectivity index (χ4v) is 1.96. The van der Waals surface area contributed by atoms with Crippen LogP contribution >= 0.6 is 0 Å². The van der Waals surface area contributed by atoms with Crippen molar-refractivity contribution in [2.75, 3.05) is 5.32 Å². The number of aromatic hydroxyl groups is 1. The Morgan fingerprint density at radius 3 is 2.90 bits per heavy atom. The predicted molar refractivity (Wildman–Crippen MR) is 76.0 cm³/mol. The summed E-state index contributed by atoms with van der Waals surface area (Å²) in [7, 11) is 0. The fourth-order valence-electron chi connectivity index (χ4n) is 1.96. The van der Waals surface area contributed by atoms with E-state index in [0.717, 1.165) is 5.56 Å². The van der Waals surface area contributed by atoms with Gasteiger partial charge in [-0.3, -0.25) is 4.79 Å². The topological polar surface area (TPSA) is 66.6 Å². The Bertz CT molecular complexity index is 793. The maximum Gasteiger partial charge on any atom is 0.275 e. The van der Waals surface area contributed by atoms with Crippen molar-refractivity contribution in [2.24, 2.45) is 0 Å². The van der Waals surface area contributed by atoms with Crippen LogP contribution in [0.3, 0.4) is 0 Å². The number of hydrogen-bond donors (Lipinski definition) is 2. The highest BCUT2D eigenvalue weighted by molar-refractivity contribution is 6.03. The second-order valence-corrected chi connectivity index (χ2v) is 4.57.